The second kappa shape index (κ2) is 4.89. The van der Waals surface area contributed by atoms with E-state index in [-0.39, 0.29) is 0 Å². The number of hydrogen-bond acceptors (Lipinski definition) is 3. The zero-order valence-electron chi connectivity index (χ0n) is 9.59. The Morgan fingerprint density at radius 2 is 1.94 bits per heavy atom. The minimum atomic E-state index is -4.01. The van der Waals surface area contributed by atoms with Crippen LogP contribution in [-0.4, -0.2) is 31.8 Å². The van der Waals surface area contributed by atoms with Crippen molar-refractivity contribution in [1.29, 1.82) is 0 Å². The molecule has 0 radical (unpaired) electrons. The van der Waals surface area contributed by atoms with Gasteiger partial charge in [0.15, 0.2) is 0 Å². The van der Waals surface area contributed by atoms with Gasteiger partial charge in [-0.25, -0.2) is 22.0 Å². The summed E-state index contributed by atoms with van der Waals surface area (Å²) in [6.45, 7) is 1.09. The van der Waals surface area contributed by atoms with Crippen LogP contribution in [-0.2, 0) is 14.8 Å². The fourth-order valence-electron chi connectivity index (χ4n) is 1.43. The van der Waals surface area contributed by atoms with Crippen molar-refractivity contribution >= 4 is 21.7 Å². The standard InChI is InChI=1S/C10H11F2NO4S/c1-6(10(14)15)13(18(2,16)17)9-4-3-7(11)5-8(9)12/h3-6H,1-2H3,(H,14,15). The first-order valence-corrected chi connectivity index (χ1v) is 6.66. The Morgan fingerprint density at radius 1 is 1.39 bits per heavy atom. The fourth-order valence-corrected chi connectivity index (χ4v) is 2.60. The van der Waals surface area contributed by atoms with Crippen LogP contribution in [0.3, 0.4) is 0 Å². The quantitative estimate of drug-likeness (QED) is 0.898. The van der Waals surface area contributed by atoms with Gasteiger partial charge in [-0.05, 0) is 19.1 Å². The van der Waals surface area contributed by atoms with Gasteiger partial charge in [-0.3, -0.25) is 4.31 Å². The van der Waals surface area contributed by atoms with E-state index in [9.17, 15) is 22.0 Å². The van der Waals surface area contributed by atoms with Gasteiger partial charge in [-0.1, -0.05) is 0 Å². The van der Waals surface area contributed by atoms with Crippen molar-refractivity contribution in [3.63, 3.8) is 0 Å². The summed E-state index contributed by atoms with van der Waals surface area (Å²) in [6.07, 6.45) is 0.745. The van der Waals surface area contributed by atoms with Crippen molar-refractivity contribution in [2.45, 2.75) is 13.0 Å². The summed E-state index contributed by atoms with van der Waals surface area (Å²) in [5.74, 6) is -3.47. The molecule has 0 aliphatic carbocycles. The number of sulfonamides is 1. The Morgan fingerprint density at radius 3 is 2.33 bits per heavy atom. The first kappa shape index (κ1) is 14.4. The lowest BCUT2D eigenvalue weighted by atomic mass is 10.2. The van der Waals surface area contributed by atoms with Crippen LogP contribution in [0.1, 0.15) is 6.92 Å². The molecule has 0 aliphatic heterocycles. The lowest BCUT2D eigenvalue weighted by molar-refractivity contribution is -0.137. The summed E-state index contributed by atoms with van der Waals surface area (Å²) < 4.78 is 49.7. The van der Waals surface area contributed by atoms with E-state index < -0.39 is 39.4 Å². The molecule has 0 aliphatic rings. The maximum Gasteiger partial charge on any atom is 0.327 e. The molecule has 100 valence electrons. The van der Waals surface area contributed by atoms with Gasteiger partial charge in [0, 0.05) is 6.07 Å². The molecule has 1 rings (SSSR count). The van der Waals surface area contributed by atoms with E-state index in [0.29, 0.717) is 10.4 Å². The molecule has 0 saturated carbocycles. The number of benzene rings is 1. The number of carboxylic acid groups (broad SMARTS) is 1. The van der Waals surface area contributed by atoms with Gasteiger partial charge in [-0.2, -0.15) is 0 Å². The van der Waals surface area contributed by atoms with E-state index in [4.69, 9.17) is 5.11 Å². The van der Waals surface area contributed by atoms with Crippen molar-refractivity contribution in [3.8, 4) is 0 Å². The third-order valence-electron chi connectivity index (χ3n) is 2.21. The second-order valence-electron chi connectivity index (χ2n) is 3.67. The zero-order valence-corrected chi connectivity index (χ0v) is 10.4. The summed E-state index contributed by atoms with van der Waals surface area (Å²) in [4.78, 5) is 10.8. The van der Waals surface area contributed by atoms with Crippen molar-refractivity contribution < 1.29 is 27.1 Å². The van der Waals surface area contributed by atoms with Gasteiger partial charge in [-0.15, -0.1) is 0 Å². The third kappa shape index (κ3) is 2.95. The molecule has 5 nitrogen and oxygen atoms in total. The average Bonchev–Trinajstić information content (AvgIpc) is 2.19. The van der Waals surface area contributed by atoms with Crippen molar-refractivity contribution in [3.05, 3.63) is 29.8 Å². The lowest BCUT2D eigenvalue weighted by Gasteiger charge is -2.26. The van der Waals surface area contributed by atoms with Crippen molar-refractivity contribution in [2.24, 2.45) is 0 Å². The van der Waals surface area contributed by atoms with Gasteiger partial charge >= 0.3 is 5.97 Å². The Balaban J connectivity index is 3.40. The molecule has 1 unspecified atom stereocenters. The van der Waals surface area contributed by atoms with Crippen LogP contribution in [0.4, 0.5) is 14.5 Å². The number of carbonyl (C=O) groups is 1. The van der Waals surface area contributed by atoms with Gasteiger partial charge in [0.05, 0.1) is 11.9 Å². The Bertz CT molecular complexity index is 573. The maximum atomic E-state index is 13.5. The first-order valence-electron chi connectivity index (χ1n) is 4.82. The van der Waals surface area contributed by atoms with Gasteiger partial charge in [0.1, 0.15) is 17.7 Å². The zero-order chi connectivity index (χ0) is 14.1. The molecule has 18 heavy (non-hydrogen) atoms. The Kier molecular flexibility index (Phi) is 3.90. The number of rotatable bonds is 4. The fraction of sp³-hybridized carbons (Fsp3) is 0.300. The highest BCUT2D eigenvalue weighted by Crippen LogP contribution is 2.24. The van der Waals surface area contributed by atoms with E-state index in [1.165, 1.54) is 0 Å². The van der Waals surface area contributed by atoms with Crippen molar-refractivity contribution in [2.75, 3.05) is 10.6 Å². The molecule has 0 aromatic heterocycles. The number of carboxylic acids is 1. The first-order chi connectivity index (χ1) is 8.14. The van der Waals surface area contributed by atoms with E-state index in [2.05, 4.69) is 0 Å². The van der Waals surface area contributed by atoms with Crippen LogP contribution in [0.15, 0.2) is 18.2 Å². The monoisotopic (exact) mass is 279 g/mol. The molecule has 0 spiro atoms. The third-order valence-corrected chi connectivity index (χ3v) is 3.44. The highest BCUT2D eigenvalue weighted by atomic mass is 32.2. The molecule has 0 amide bonds. The largest absolute Gasteiger partial charge is 0.480 e. The Hall–Kier alpha value is -1.70. The van der Waals surface area contributed by atoms with Crippen LogP contribution < -0.4 is 4.31 Å². The molecule has 1 aromatic rings. The summed E-state index contributed by atoms with van der Waals surface area (Å²) in [5, 5.41) is 8.82. The molecular weight excluding hydrogens is 268 g/mol. The van der Waals surface area contributed by atoms with Crippen LogP contribution >= 0.6 is 0 Å². The SMILES string of the molecule is CC(C(=O)O)N(c1ccc(F)cc1F)S(C)(=O)=O. The molecule has 1 atom stereocenters. The molecule has 8 heteroatoms. The molecule has 1 N–H and O–H groups in total. The molecular formula is C10H11F2NO4S. The molecule has 0 fully saturated rings. The lowest BCUT2D eigenvalue weighted by Crippen LogP contribution is -2.43. The topological polar surface area (TPSA) is 74.7 Å². The average molecular weight is 279 g/mol. The maximum absolute atomic E-state index is 13.5. The molecule has 0 bridgehead atoms. The number of anilines is 1. The minimum Gasteiger partial charge on any atom is -0.480 e. The van der Waals surface area contributed by atoms with E-state index in [1.807, 2.05) is 0 Å². The van der Waals surface area contributed by atoms with Crippen LogP contribution in [0.2, 0.25) is 0 Å². The Labute approximate surface area is 103 Å². The van der Waals surface area contributed by atoms with Crippen LogP contribution in [0.5, 0.6) is 0 Å². The predicted octanol–water partition coefficient (Wildman–Crippen LogP) is 1.20. The van der Waals surface area contributed by atoms with Gasteiger partial charge in [0.25, 0.3) is 0 Å². The minimum absolute atomic E-state index is 0.393. The summed E-state index contributed by atoms with van der Waals surface area (Å²) in [7, 11) is -4.01. The summed E-state index contributed by atoms with van der Waals surface area (Å²) in [6, 6.07) is 0.721. The van der Waals surface area contributed by atoms with E-state index >= 15 is 0 Å². The number of hydrogen-bond donors (Lipinski definition) is 1. The molecule has 1 aromatic carbocycles. The summed E-state index contributed by atoms with van der Waals surface area (Å²) in [5.41, 5.74) is -0.506. The highest BCUT2D eigenvalue weighted by Gasteiger charge is 2.30. The second-order valence-corrected chi connectivity index (χ2v) is 5.53. The van der Waals surface area contributed by atoms with Crippen LogP contribution in [0, 0.1) is 11.6 Å². The van der Waals surface area contributed by atoms with Crippen LogP contribution in [0.25, 0.3) is 0 Å². The van der Waals surface area contributed by atoms with E-state index in [1.54, 1.807) is 0 Å². The van der Waals surface area contributed by atoms with Gasteiger partial charge in [0.2, 0.25) is 10.0 Å². The smallest absolute Gasteiger partial charge is 0.327 e. The molecule has 0 saturated heterocycles. The van der Waals surface area contributed by atoms with E-state index in [0.717, 1.165) is 25.3 Å². The molecule has 0 heterocycles. The number of aliphatic carboxylic acids is 1. The van der Waals surface area contributed by atoms with Crippen molar-refractivity contribution in [1.82, 2.24) is 0 Å². The number of nitrogens with zero attached hydrogens (tertiary/aromatic N) is 1. The normalized spacial score (nSPS) is 13.1. The number of halogens is 2. The van der Waals surface area contributed by atoms with Gasteiger partial charge < -0.3 is 5.11 Å². The highest BCUT2D eigenvalue weighted by molar-refractivity contribution is 7.92. The summed E-state index contributed by atoms with van der Waals surface area (Å²) >= 11 is 0. The predicted molar refractivity (Wildman–Crippen MR) is 60.8 cm³/mol.